The second-order valence-corrected chi connectivity index (χ2v) is 6.56. The third kappa shape index (κ3) is 3.94. The SMILES string of the molecule is Cc1cc(S(N)(=O)=O)cc(C(=O)N2CCNCC2)c1C.Cl. The zero-order valence-electron chi connectivity index (χ0n) is 12.0. The van der Waals surface area contributed by atoms with E-state index in [1.807, 2.05) is 6.92 Å². The summed E-state index contributed by atoms with van der Waals surface area (Å²) in [5, 5.41) is 8.33. The summed E-state index contributed by atoms with van der Waals surface area (Å²) in [7, 11) is -3.81. The highest BCUT2D eigenvalue weighted by molar-refractivity contribution is 7.89. The predicted octanol–water partition coefficient (Wildman–Crippen LogP) is 0.418. The van der Waals surface area contributed by atoms with E-state index in [4.69, 9.17) is 5.14 Å². The zero-order valence-corrected chi connectivity index (χ0v) is 13.7. The molecule has 0 saturated carbocycles. The Labute approximate surface area is 131 Å². The van der Waals surface area contributed by atoms with Crippen molar-refractivity contribution in [2.24, 2.45) is 5.14 Å². The van der Waals surface area contributed by atoms with Gasteiger partial charge in [-0.1, -0.05) is 0 Å². The molecule has 1 saturated heterocycles. The molecule has 1 fully saturated rings. The Hall–Kier alpha value is -1.15. The Kier molecular flexibility index (Phi) is 5.75. The second-order valence-electron chi connectivity index (χ2n) is 5.00. The molecule has 1 aromatic rings. The van der Waals surface area contributed by atoms with Crippen LogP contribution in [0.15, 0.2) is 17.0 Å². The van der Waals surface area contributed by atoms with Crippen LogP contribution in [0.1, 0.15) is 21.5 Å². The maximum Gasteiger partial charge on any atom is 0.254 e. The molecule has 0 bridgehead atoms. The lowest BCUT2D eigenvalue weighted by atomic mass is 10.0. The number of carbonyl (C=O) groups excluding carboxylic acids is 1. The van der Waals surface area contributed by atoms with Gasteiger partial charge >= 0.3 is 0 Å². The number of benzene rings is 1. The van der Waals surface area contributed by atoms with Crippen molar-refractivity contribution >= 4 is 28.3 Å². The van der Waals surface area contributed by atoms with Crippen LogP contribution in [0.5, 0.6) is 0 Å². The van der Waals surface area contributed by atoms with Crippen molar-refractivity contribution < 1.29 is 13.2 Å². The van der Waals surface area contributed by atoms with Crippen molar-refractivity contribution in [2.45, 2.75) is 18.7 Å². The van der Waals surface area contributed by atoms with E-state index >= 15 is 0 Å². The summed E-state index contributed by atoms with van der Waals surface area (Å²) in [6.45, 7) is 6.33. The molecule has 1 aliphatic rings. The molecule has 0 aliphatic carbocycles. The zero-order chi connectivity index (χ0) is 14.9. The molecule has 1 aromatic carbocycles. The molecule has 2 rings (SSSR count). The van der Waals surface area contributed by atoms with Gasteiger partial charge in [-0.05, 0) is 37.1 Å². The lowest BCUT2D eigenvalue weighted by Gasteiger charge is -2.28. The maximum absolute atomic E-state index is 12.5. The fourth-order valence-corrected chi connectivity index (χ4v) is 2.87. The lowest BCUT2D eigenvalue weighted by Crippen LogP contribution is -2.46. The number of amides is 1. The molecular formula is C13H20ClN3O3S. The highest BCUT2D eigenvalue weighted by atomic mass is 35.5. The van der Waals surface area contributed by atoms with Crippen LogP contribution >= 0.6 is 12.4 Å². The minimum absolute atomic E-state index is 0. The van der Waals surface area contributed by atoms with Gasteiger partial charge in [0.15, 0.2) is 0 Å². The fraction of sp³-hybridized carbons (Fsp3) is 0.462. The van der Waals surface area contributed by atoms with Crippen LogP contribution in [0, 0.1) is 13.8 Å². The molecule has 3 N–H and O–H groups in total. The predicted molar refractivity (Wildman–Crippen MR) is 83.3 cm³/mol. The van der Waals surface area contributed by atoms with Gasteiger partial charge in [0.1, 0.15) is 0 Å². The number of piperazine rings is 1. The minimum atomic E-state index is -3.81. The number of nitrogens with two attached hydrogens (primary N) is 1. The van der Waals surface area contributed by atoms with Crippen LogP contribution in [-0.2, 0) is 10.0 Å². The van der Waals surface area contributed by atoms with Gasteiger partial charge in [0, 0.05) is 31.7 Å². The van der Waals surface area contributed by atoms with Gasteiger partial charge in [-0.3, -0.25) is 4.79 Å². The van der Waals surface area contributed by atoms with E-state index in [2.05, 4.69) is 5.32 Å². The van der Waals surface area contributed by atoms with E-state index in [9.17, 15) is 13.2 Å². The Morgan fingerprint density at radius 3 is 2.33 bits per heavy atom. The Bertz CT molecular complexity index is 640. The summed E-state index contributed by atoms with van der Waals surface area (Å²) < 4.78 is 23.0. The standard InChI is InChI=1S/C13H19N3O3S.ClH/c1-9-7-11(20(14,18)19)8-12(10(9)2)13(17)16-5-3-15-4-6-16;/h7-8,15H,3-6H2,1-2H3,(H2,14,18,19);1H. The van der Waals surface area contributed by atoms with Crippen LogP contribution < -0.4 is 10.5 Å². The van der Waals surface area contributed by atoms with Gasteiger partial charge in [0.05, 0.1) is 4.90 Å². The van der Waals surface area contributed by atoms with Crippen LogP contribution in [0.25, 0.3) is 0 Å². The van der Waals surface area contributed by atoms with Gasteiger partial charge in [-0.2, -0.15) is 0 Å². The van der Waals surface area contributed by atoms with Crippen molar-refractivity contribution in [3.05, 3.63) is 28.8 Å². The molecule has 0 unspecified atom stereocenters. The van der Waals surface area contributed by atoms with Crippen molar-refractivity contribution in [2.75, 3.05) is 26.2 Å². The largest absolute Gasteiger partial charge is 0.336 e. The Morgan fingerprint density at radius 1 is 1.24 bits per heavy atom. The van der Waals surface area contributed by atoms with E-state index in [1.54, 1.807) is 11.8 Å². The summed E-state index contributed by atoms with van der Waals surface area (Å²) in [5.41, 5.74) is 1.95. The summed E-state index contributed by atoms with van der Waals surface area (Å²) in [6.07, 6.45) is 0. The number of primary sulfonamides is 1. The first-order valence-corrected chi connectivity index (χ1v) is 7.99. The van der Waals surface area contributed by atoms with Gasteiger partial charge in [-0.25, -0.2) is 13.6 Å². The normalized spacial score (nSPS) is 15.5. The molecule has 1 aliphatic heterocycles. The number of nitrogens with one attached hydrogen (secondary N) is 1. The first kappa shape index (κ1) is 17.9. The van der Waals surface area contributed by atoms with Crippen LogP contribution in [0.2, 0.25) is 0 Å². The van der Waals surface area contributed by atoms with Crippen molar-refractivity contribution in [1.29, 1.82) is 0 Å². The van der Waals surface area contributed by atoms with E-state index in [-0.39, 0.29) is 23.2 Å². The summed E-state index contributed by atoms with van der Waals surface area (Å²) in [5.74, 6) is -0.141. The average Bonchev–Trinajstić information content (AvgIpc) is 2.40. The number of carbonyl (C=O) groups is 1. The molecule has 1 amide bonds. The number of nitrogens with zero attached hydrogens (tertiary/aromatic N) is 1. The number of hydrogen-bond donors (Lipinski definition) is 2. The number of aryl methyl sites for hydroxylation is 1. The molecule has 0 aromatic heterocycles. The molecule has 8 heteroatoms. The van der Waals surface area contributed by atoms with E-state index in [1.165, 1.54) is 12.1 Å². The summed E-state index contributed by atoms with van der Waals surface area (Å²) in [4.78, 5) is 14.2. The number of hydrogen-bond acceptors (Lipinski definition) is 4. The molecular weight excluding hydrogens is 314 g/mol. The third-order valence-corrected chi connectivity index (χ3v) is 4.50. The quantitative estimate of drug-likeness (QED) is 0.820. The molecule has 1 heterocycles. The van der Waals surface area contributed by atoms with Crippen molar-refractivity contribution in [1.82, 2.24) is 10.2 Å². The van der Waals surface area contributed by atoms with Gasteiger partial charge in [0.25, 0.3) is 5.91 Å². The topological polar surface area (TPSA) is 92.5 Å². The first-order chi connectivity index (χ1) is 9.30. The number of rotatable bonds is 2. The van der Waals surface area contributed by atoms with Crippen molar-refractivity contribution in [3.8, 4) is 0 Å². The molecule has 6 nitrogen and oxygen atoms in total. The van der Waals surface area contributed by atoms with E-state index in [0.717, 1.165) is 24.2 Å². The monoisotopic (exact) mass is 333 g/mol. The van der Waals surface area contributed by atoms with Gasteiger partial charge in [0.2, 0.25) is 10.0 Å². The lowest BCUT2D eigenvalue weighted by molar-refractivity contribution is 0.0734. The Morgan fingerprint density at radius 2 is 1.81 bits per heavy atom. The average molecular weight is 334 g/mol. The number of halogens is 1. The van der Waals surface area contributed by atoms with Gasteiger partial charge in [-0.15, -0.1) is 12.4 Å². The van der Waals surface area contributed by atoms with Crippen LogP contribution in [0.3, 0.4) is 0 Å². The molecule has 0 atom stereocenters. The molecule has 0 radical (unpaired) electrons. The highest BCUT2D eigenvalue weighted by Crippen LogP contribution is 2.20. The maximum atomic E-state index is 12.5. The van der Waals surface area contributed by atoms with Crippen molar-refractivity contribution in [3.63, 3.8) is 0 Å². The summed E-state index contributed by atoms with van der Waals surface area (Å²) in [6, 6.07) is 2.88. The van der Waals surface area contributed by atoms with Gasteiger partial charge < -0.3 is 10.2 Å². The number of sulfonamides is 1. The first-order valence-electron chi connectivity index (χ1n) is 6.45. The molecule has 118 valence electrons. The minimum Gasteiger partial charge on any atom is -0.336 e. The molecule has 21 heavy (non-hydrogen) atoms. The van der Waals surface area contributed by atoms with Crippen LogP contribution in [0.4, 0.5) is 0 Å². The smallest absolute Gasteiger partial charge is 0.254 e. The van der Waals surface area contributed by atoms with E-state index in [0.29, 0.717) is 18.7 Å². The fourth-order valence-electron chi connectivity index (χ4n) is 2.25. The Balaban J connectivity index is 0.00000220. The second kappa shape index (κ2) is 6.74. The highest BCUT2D eigenvalue weighted by Gasteiger charge is 2.22. The van der Waals surface area contributed by atoms with Crippen LogP contribution in [-0.4, -0.2) is 45.4 Å². The van der Waals surface area contributed by atoms with E-state index < -0.39 is 10.0 Å². The third-order valence-electron chi connectivity index (χ3n) is 3.60. The summed E-state index contributed by atoms with van der Waals surface area (Å²) >= 11 is 0. The molecule has 0 spiro atoms.